The Hall–Kier alpha value is -1.09. The first kappa shape index (κ1) is 8.51. The van der Waals surface area contributed by atoms with Gasteiger partial charge >= 0.3 is 0 Å². The van der Waals surface area contributed by atoms with Crippen molar-refractivity contribution in [3.05, 3.63) is 33.7 Å². The first-order chi connectivity index (χ1) is 6.20. The van der Waals surface area contributed by atoms with Crippen molar-refractivity contribution < 1.29 is 0 Å². The number of pyridine rings is 1. The van der Waals surface area contributed by atoms with Crippen molar-refractivity contribution in [2.24, 2.45) is 12.8 Å². The Morgan fingerprint density at radius 1 is 1.54 bits per heavy atom. The highest BCUT2D eigenvalue weighted by atomic mass is 16.1. The van der Waals surface area contributed by atoms with E-state index in [1.807, 2.05) is 13.1 Å². The Labute approximate surface area is 77.2 Å². The van der Waals surface area contributed by atoms with Crippen molar-refractivity contribution in [2.75, 3.05) is 0 Å². The summed E-state index contributed by atoms with van der Waals surface area (Å²) in [4.78, 5) is 11.3. The molecule has 70 valence electrons. The Morgan fingerprint density at radius 3 is 3.08 bits per heavy atom. The number of rotatable bonds is 0. The van der Waals surface area contributed by atoms with Crippen LogP contribution in [0.4, 0.5) is 0 Å². The van der Waals surface area contributed by atoms with E-state index < -0.39 is 0 Å². The van der Waals surface area contributed by atoms with Crippen molar-refractivity contribution in [2.45, 2.75) is 25.3 Å². The molecule has 2 N–H and O–H groups in total. The third-order valence-electron chi connectivity index (χ3n) is 2.80. The summed E-state index contributed by atoms with van der Waals surface area (Å²) in [6, 6.07) is 3.60. The molecule has 3 heteroatoms. The van der Waals surface area contributed by atoms with E-state index in [-0.39, 0.29) is 11.6 Å². The normalized spacial score (nSPS) is 21.2. The lowest BCUT2D eigenvalue weighted by Crippen LogP contribution is -2.27. The van der Waals surface area contributed by atoms with Crippen LogP contribution in [0.5, 0.6) is 0 Å². The topological polar surface area (TPSA) is 48.0 Å². The molecular weight excluding hydrogens is 164 g/mol. The summed E-state index contributed by atoms with van der Waals surface area (Å²) in [6.07, 6.45) is 3.10. The summed E-state index contributed by atoms with van der Waals surface area (Å²) in [5.41, 5.74) is 8.28. The van der Waals surface area contributed by atoms with Gasteiger partial charge < -0.3 is 10.3 Å². The Morgan fingerprint density at radius 2 is 2.31 bits per heavy atom. The van der Waals surface area contributed by atoms with Crippen LogP contribution in [-0.2, 0) is 13.5 Å². The van der Waals surface area contributed by atoms with Crippen molar-refractivity contribution >= 4 is 0 Å². The Kier molecular flexibility index (Phi) is 1.96. The minimum Gasteiger partial charge on any atom is -0.324 e. The van der Waals surface area contributed by atoms with Crippen molar-refractivity contribution in [3.8, 4) is 0 Å². The number of hydrogen-bond acceptors (Lipinski definition) is 2. The molecule has 1 atom stereocenters. The highest BCUT2D eigenvalue weighted by Crippen LogP contribution is 2.25. The van der Waals surface area contributed by atoms with Crippen LogP contribution in [0.2, 0.25) is 0 Å². The quantitative estimate of drug-likeness (QED) is 0.636. The van der Waals surface area contributed by atoms with Crippen LogP contribution in [0.3, 0.4) is 0 Å². The molecule has 0 unspecified atom stereocenters. The van der Waals surface area contributed by atoms with E-state index in [9.17, 15) is 4.79 Å². The number of nitrogens with two attached hydrogens (primary N) is 1. The zero-order valence-corrected chi connectivity index (χ0v) is 7.79. The van der Waals surface area contributed by atoms with Gasteiger partial charge in [0.05, 0.1) is 0 Å². The molecule has 1 aliphatic rings. The van der Waals surface area contributed by atoms with Gasteiger partial charge in [-0.3, -0.25) is 4.79 Å². The maximum atomic E-state index is 11.3. The maximum Gasteiger partial charge on any atom is 0.250 e. The van der Waals surface area contributed by atoms with Gasteiger partial charge in [0.25, 0.3) is 0 Å². The number of aromatic nitrogens is 1. The van der Waals surface area contributed by atoms with E-state index in [2.05, 4.69) is 0 Å². The summed E-state index contributed by atoms with van der Waals surface area (Å²) in [7, 11) is 1.82. The van der Waals surface area contributed by atoms with Gasteiger partial charge in [-0.2, -0.15) is 0 Å². The molecule has 0 amide bonds. The van der Waals surface area contributed by atoms with Crippen molar-refractivity contribution in [1.82, 2.24) is 4.57 Å². The molecule has 0 fully saturated rings. The third-order valence-corrected chi connectivity index (χ3v) is 2.80. The van der Waals surface area contributed by atoms with Crippen LogP contribution in [0, 0.1) is 0 Å². The first-order valence-corrected chi connectivity index (χ1v) is 4.64. The highest BCUT2D eigenvalue weighted by Gasteiger charge is 2.18. The molecule has 0 aliphatic heterocycles. The van der Waals surface area contributed by atoms with Gasteiger partial charge in [-0.1, -0.05) is 6.07 Å². The fourth-order valence-corrected chi connectivity index (χ4v) is 1.99. The standard InChI is InChI=1S/C10H14N2O/c1-12-9-4-2-3-8(11)7(9)5-6-10(12)13/h5-6,8H,2-4,11H2,1H3/t8-/m0/s1. The van der Waals surface area contributed by atoms with E-state index >= 15 is 0 Å². The van der Waals surface area contributed by atoms with Crippen LogP contribution in [0.1, 0.15) is 30.1 Å². The molecule has 0 saturated heterocycles. The molecule has 1 aliphatic carbocycles. The second-order valence-corrected chi connectivity index (χ2v) is 3.63. The fraction of sp³-hybridized carbons (Fsp3) is 0.500. The molecule has 0 bridgehead atoms. The van der Waals surface area contributed by atoms with Crippen molar-refractivity contribution in [3.63, 3.8) is 0 Å². The summed E-state index contributed by atoms with van der Waals surface area (Å²) < 4.78 is 1.72. The van der Waals surface area contributed by atoms with E-state index in [0.717, 1.165) is 30.5 Å². The SMILES string of the molecule is Cn1c2c(ccc1=O)[C@@H](N)CCC2. The lowest BCUT2D eigenvalue weighted by atomic mass is 9.92. The second kappa shape index (κ2) is 3.00. The maximum absolute atomic E-state index is 11.3. The molecule has 13 heavy (non-hydrogen) atoms. The average Bonchev–Trinajstić information content (AvgIpc) is 2.12. The van der Waals surface area contributed by atoms with Crippen LogP contribution in [0.15, 0.2) is 16.9 Å². The molecule has 3 nitrogen and oxygen atoms in total. The summed E-state index contributed by atoms with van der Waals surface area (Å²) in [5, 5.41) is 0. The van der Waals surface area contributed by atoms with Gasteiger partial charge in [0, 0.05) is 24.8 Å². The van der Waals surface area contributed by atoms with E-state index in [1.165, 1.54) is 0 Å². The lowest BCUT2D eigenvalue weighted by molar-refractivity contribution is 0.539. The lowest BCUT2D eigenvalue weighted by Gasteiger charge is -2.23. The van der Waals surface area contributed by atoms with E-state index in [4.69, 9.17) is 5.73 Å². The highest BCUT2D eigenvalue weighted by molar-refractivity contribution is 5.26. The van der Waals surface area contributed by atoms with Crippen LogP contribution < -0.4 is 11.3 Å². The molecular formula is C10H14N2O. The molecule has 1 heterocycles. The molecule has 0 spiro atoms. The molecule has 0 radical (unpaired) electrons. The summed E-state index contributed by atoms with van der Waals surface area (Å²) >= 11 is 0. The van der Waals surface area contributed by atoms with Gasteiger partial charge in [-0.05, 0) is 24.8 Å². The predicted molar refractivity (Wildman–Crippen MR) is 51.5 cm³/mol. The summed E-state index contributed by atoms with van der Waals surface area (Å²) in [6.45, 7) is 0. The van der Waals surface area contributed by atoms with E-state index in [1.54, 1.807) is 10.6 Å². The van der Waals surface area contributed by atoms with Crippen LogP contribution >= 0.6 is 0 Å². The van der Waals surface area contributed by atoms with Gasteiger partial charge in [0.2, 0.25) is 5.56 Å². The third kappa shape index (κ3) is 1.29. The van der Waals surface area contributed by atoms with Gasteiger partial charge in [-0.25, -0.2) is 0 Å². The predicted octanol–water partition coefficient (Wildman–Crippen LogP) is 0.721. The zero-order chi connectivity index (χ0) is 9.42. The molecule has 1 aromatic heterocycles. The minimum absolute atomic E-state index is 0.0628. The second-order valence-electron chi connectivity index (χ2n) is 3.63. The number of nitrogens with zero attached hydrogens (tertiary/aromatic N) is 1. The van der Waals surface area contributed by atoms with Gasteiger partial charge in [-0.15, -0.1) is 0 Å². The number of fused-ring (bicyclic) bond motifs is 1. The van der Waals surface area contributed by atoms with Crippen LogP contribution in [0.25, 0.3) is 0 Å². The van der Waals surface area contributed by atoms with Crippen molar-refractivity contribution in [1.29, 1.82) is 0 Å². The fourth-order valence-electron chi connectivity index (χ4n) is 1.99. The van der Waals surface area contributed by atoms with E-state index in [0.29, 0.717) is 0 Å². The first-order valence-electron chi connectivity index (χ1n) is 4.64. The Balaban J connectivity index is 2.63. The Bertz CT molecular complexity index is 381. The molecule has 0 aromatic carbocycles. The zero-order valence-electron chi connectivity index (χ0n) is 7.79. The molecule has 2 rings (SSSR count). The smallest absolute Gasteiger partial charge is 0.250 e. The average molecular weight is 178 g/mol. The minimum atomic E-state index is 0.0628. The monoisotopic (exact) mass is 178 g/mol. The van der Waals surface area contributed by atoms with Gasteiger partial charge in [0.1, 0.15) is 0 Å². The van der Waals surface area contributed by atoms with Gasteiger partial charge in [0.15, 0.2) is 0 Å². The number of hydrogen-bond donors (Lipinski definition) is 1. The van der Waals surface area contributed by atoms with Crippen LogP contribution in [-0.4, -0.2) is 4.57 Å². The molecule has 0 saturated carbocycles. The molecule has 1 aromatic rings. The largest absolute Gasteiger partial charge is 0.324 e. The summed E-state index contributed by atoms with van der Waals surface area (Å²) in [5.74, 6) is 0.